The summed E-state index contributed by atoms with van der Waals surface area (Å²) in [6.07, 6.45) is 0.961. The lowest BCUT2D eigenvalue weighted by atomic mass is 9.73. The van der Waals surface area contributed by atoms with Crippen molar-refractivity contribution in [2.45, 2.75) is 53.2 Å². The molecule has 0 fully saturated rings. The van der Waals surface area contributed by atoms with Crippen molar-refractivity contribution >= 4 is 11.7 Å². The number of nitrogens with one attached hydrogen (secondary N) is 1. The second-order valence-electron chi connectivity index (χ2n) is 8.59. The van der Waals surface area contributed by atoms with Crippen LogP contribution in [0, 0.1) is 10.8 Å². The summed E-state index contributed by atoms with van der Waals surface area (Å²) in [4.78, 5) is 25.3. The number of Topliss-reactive ketones (excluding diaryl/α,β-unsaturated/α-hetero) is 1. The number of rotatable bonds is 1. The number of hydrogen-bond acceptors (Lipinski definition) is 3. The van der Waals surface area contributed by atoms with Gasteiger partial charge in [0.25, 0.3) is 5.91 Å². The van der Waals surface area contributed by atoms with E-state index in [4.69, 9.17) is 4.74 Å². The molecule has 1 heterocycles. The second kappa shape index (κ2) is 5.20. The average Bonchev–Trinajstić information content (AvgIpc) is 2.44. The summed E-state index contributed by atoms with van der Waals surface area (Å²) in [6, 6.07) is 9.69. The molecule has 1 aromatic rings. The van der Waals surface area contributed by atoms with E-state index < -0.39 is 11.1 Å². The van der Waals surface area contributed by atoms with Gasteiger partial charge < -0.3 is 10.1 Å². The van der Waals surface area contributed by atoms with Crippen LogP contribution in [0.3, 0.4) is 0 Å². The maximum Gasteiger partial charge on any atom is 0.261 e. The third kappa shape index (κ3) is 2.54. The number of ether oxygens (including phenoxy) is 1. The summed E-state index contributed by atoms with van der Waals surface area (Å²) in [7, 11) is 0. The molecule has 4 heteroatoms. The van der Waals surface area contributed by atoms with E-state index in [2.05, 4.69) is 5.32 Å². The minimum Gasteiger partial charge on any atom is -0.467 e. The Kier molecular flexibility index (Phi) is 3.63. The Morgan fingerprint density at radius 2 is 1.67 bits per heavy atom. The molecule has 4 nitrogen and oxygen atoms in total. The van der Waals surface area contributed by atoms with Gasteiger partial charge in [0.15, 0.2) is 5.78 Å². The molecule has 2 aliphatic rings. The third-order valence-electron chi connectivity index (χ3n) is 4.87. The molecule has 1 N–H and O–H groups in total. The standard InChI is InChI=1S/C20H25NO3/c1-18(2,3)20(13-9-7-6-8-10-13)21-17(23)16-14(22)11-19(4,5)12-15(16)24-20/h6-10H,11-12H2,1-5H3,(H,21,23)/t20-/m1/s1. The molecular weight excluding hydrogens is 302 g/mol. The van der Waals surface area contributed by atoms with Crippen LogP contribution in [0.1, 0.15) is 53.0 Å². The molecule has 1 aliphatic heterocycles. The van der Waals surface area contributed by atoms with Crippen LogP contribution in [0.5, 0.6) is 0 Å². The average molecular weight is 327 g/mol. The summed E-state index contributed by atoms with van der Waals surface area (Å²) in [5.74, 6) is 0.0728. The highest BCUT2D eigenvalue weighted by Crippen LogP contribution is 2.48. The summed E-state index contributed by atoms with van der Waals surface area (Å²) < 4.78 is 6.43. The lowest BCUT2D eigenvalue weighted by Gasteiger charge is -2.50. The zero-order valence-electron chi connectivity index (χ0n) is 15.0. The maximum absolute atomic E-state index is 12.8. The van der Waals surface area contributed by atoms with Gasteiger partial charge in [0.05, 0.1) is 0 Å². The summed E-state index contributed by atoms with van der Waals surface area (Å²) in [5.41, 5.74) is -0.503. The smallest absolute Gasteiger partial charge is 0.261 e. The molecule has 128 valence electrons. The SMILES string of the molecule is CC1(C)CC(=O)C2=C(C1)O[C@](c1ccccc1)(C(C)(C)C)NC2=O. The zero-order valence-corrected chi connectivity index (χ0v) is 15.0. The quantitative estimate of drug-likeness (QED) is 0.801. The normalized spacial score (nSPS) is 26.5. The van der Waals surface area contributed by atoms with Gasteiger partial charge in [-0.1, -0.05) is 65.0 Å². The first kappa shape index (κ1) is 16.7. The van der Waals surface area contributed by atoms with Crippen molar-refractivity contribution in [2.24, 2.45) is 10.8 Å². The van der Waals surface area contributed by atoms with E-state index >= 15 is 0 Å². The predicted molar refractivity (Wildman–Crippen MR) is 91.9 cm³/mol. The molecule has 1 amide bonds. The third-order valence-corrected chi connectivity index (χ3v) is 4.87. The first-order valence-corrected chi connectivity index (χ1v) is 8.39. The molecule has 0 saturated heterocycles. The van der Waals surface area contributed by atoms with Crippen molar-refractivity contribution in [1.29, 1.82) is 0 Å². The van der Waals surface area contributed by atoms with Crippen molar-refractivity contribution in [2.75, 3.05) is 0 Å². The van der Waals surface area contributed by atoms with E-state index in [9.17, 15) is 9.59 Å². The van der Waals surface area contributed by atoms with Crippen molar-refractivity contribution in [1.82, 2.24) is 5.32 Å². The van der Waals surface area contributed by atoms with Crippen LogP contribution in [0.25, 0.3) is 0 Å². The van der Waals surface area contributed by atoms with E-state index in [-0.39, 0.29) is 22.7 Å². The molecule has 0 saturated carbocycles. The van der Waals surface area contributed by atoms with Gasteiger partial charge in [-0.15, -0.1) is 0 Å². The van der Waals surface area contributed by atoms with Crippen molar-refractivity contribution in [3.63, 3.8) is 0 Å². The fourth-order valence-corrected chi connectivity index (χ4v) is 3.61. The largest absolute Gasteiger partial charge is 0.467 e. The van der Waals surface area contributed by atoms with Crippen LogP contribution >= 0.6 is 0 Å². The molecule has 0 radical (unpaired) electrons. The van der Waals surface area contributed by atoms with Crippen LogP contribution in [0.2, 0.25) is 0 Å². The Morgan fingerprint density at radius 3 is 2.25 bits per heavy atom. The molecule has 1 aromatic carbocycles. The summed E-state index contributed by atoms with van der Waals surface area (Å²) >= 11 is 0. The number of amides is 1. The van der Waals surface area contributed by atoms with Gasteiger partial charge in [0.2, 0.25) is 5.72 Å². The van der Waals surface area contributed by atoms with Crippen LogP contribution in [-0.2, 0) is 20.1 Å². The molecular formula is C20H25NO3. The van der Waals surface area contributed by atoms with Gasteiger partial charge in [-0.25, -0.2) is 0 Å². The predicted octanol–water partition coefficient (Wildman–Crippen LogP) is 3.68. The van der Waals surface area contributed by atoms with E-state index in [1.807, 2.05) is 65.0 Å². The van der Waals surface area contributed by atoms with Crippen LogP contribution in [0.15, 0.2) is 41.7 Å². The Bertz CT molecular complexity index is 725. The van der Waals surface area contributed by atoms with E-state index in [1.165, 1.54) is 0 Å². The minimum absolute atomic E-state index is 0.130. The Hall–Kier alpha value is -2.10. The zero-order chi connectivity index (χ0) is 17.8. The molecule has 0 bridgehead atoms. The van der Waals surface area contributed by atoms with E-state index in [0.29, 0.717) is 18.6 Å². The highest BCUT2D eigenvalue weighted by molar-refractivity contribution is 6.20. The minimum atomic E-state index is -0.988. The van der Waals surface area contributed by atoms with Gasteiger partial charge in [-0.2, -0.15) is 0 Å². The molecule has 0 unspecified atom stereocenters. The van der Waals surface area contributed by atoms with E-state index in [1.54, 1.807) is 0 Å². The molecule has 3 rings (SSSR count). The Balaban J connectivity index is 2.16. The van der Waals surface area contributed by atoms with Crippen molar-refractivity contribution < 1.29 is 14.3 Å². The number of ketones is 1. The second-order valence-corrected chi connectivity index (χ2v) is 8.59. The summed E-state index contributed by atoms with van der Waals surface area (Å²) in [6.45, 7) is 10.2. The van der Waals surface area contributed by atoms with Gasteiger partial charge >= 0.3 is 0 Å². The topological polar surface area (TPSA) is 55.4 Å². The number of benzene rings is 1. The van der Waals surface area contributed by atoms with Gasteiger partial charge in [0, 0.05) is 23.8 Å². The highest BCUT2D eigenvalue weighted by Gasteiger charge is 2.53. The first-order valence-electron chi connectivity index (χ1n) is 8.39. The molecule has 1 atom stereocenters. The van der Waals surface area contributed by atoms with Gasteiger partial charge in [-0.05, 0) is 5.41 Å². The Labute approximate surface area is 143 Å². The lowest BCUT2D eigenvalue weighted by Crippen LogP contribution is -2.60. The number of carbonyl (C=O) groups excluding carboxylic acids is 2. The van der Waals surface area contributed by atoms with Crippen LogP contribution in [-0.4, -0.2) is 11.7 Å². The fourth-order valence-electron chi connectivity index (χ4n) is 3.61. The maximum atomic E-state index is 12.8. The van der Waals surface area contributed by atoms with Gasteiger partial charge in [0.1, 0.15) is 11.3 Å². The lowest BCUT2D eigenvalue weighted by molar-refractivity contribution is -0.159. The van der Waals surface area contributed by atoms with Crippen molar-refractivity contribution in [3.05, 3.63) is 47.2 Å². The highest BCUT2D eigenvalue weighted by atomic mass is 16.5. The molecule has 1 aliphatic carbocycles. The number of hydrogen-bond donors (Lipinski definition) is 1. The van der Waals surface area contributed by atoms with Crippen LogP contribution < -0.4 is 5.32 Å². The number of carbonyl (C=O) groups is 2. The molecule has 0 spiro atoms. The monoisotopic (exact) mass is 327 g/mol. The molecule has 24 heavy (non-hydrogen) atoms. The molecule has 0 aromatic heterocycles. The fraction of sp³-hybridized carbons (Fsp3) is 0.500. The Morgan fingerprint density at radius 1 is 1.04 bits per heavy atom. The van der Waals surface area contributed by atoms with Crippen LogP contribution in [0.4, 0.5) is 0 Å². The van der Waals surface area contributed by atoms with Crippen molar-refractivity contribution in [3.8, 4) is 0 Å². The summed E-state index contributed by atoms with van der Waals surface area (Å²) in [5, 5.41) is 3.00. The number of allylic oxidation sites excluding steroid dienone is 1. The first-order chi connectivity index (χ1) is 11.1. The van der Waals surface area contributed by atoms with Gasteiger partial charge in [-0.3, -0.25) is 9.59 Å². The van der Waals surface area contributed by atoms with E-state index in [0.717, 1.165) is 5.56 Å².